The highest BCUT2D eigenvalue weighted by molar-refractivity contribution is 9.10. The average molecular weight is 334 g/mol. The smallest absolute Gasteiger partial charge is 0.253 e. The van der Waals surface area contributed by atoms with Crippen LogP contribution in [0.1, 0.15) is 23.2 Å². The second-order valence-electron chi connectivity index (χ2n) is 3.76. The van der Waals surface area contributed by atoms with Crippen molar-refractivity contribution in [2.75, 3.05) is 5.33 Å². The standard InChI is InChI=1S/C10H10Br2N2O/c11-6-10(1-2-10)14-9(15)7-3-8(12)5-13-4-7/h3-5H,1-2,6H2,(H,14,15). The lowest BCUT2D eigenvalue weighted by Crippen LogP contribution is -2.38. The van der Waals surface area contributed by atoms with Crippen LogP contribution in [0.3, 0.4) is 0 Å². The van der Waals surface area contributed by atoms with Crippen molar-refractivity contribution >= 4 is 37.8 Å². The molecule has 2 rings (SSSR count). The molecule has 1 N–H and O–H groups in total. The van der Waals surface area contributed by atoms with E-state index in [4.69, 9.17) is 0 Å². The summed E-state index contributed by atoms with van der Waals surface area (Å²) >= 11 is 6.70. The number of halogens is 2. The van der Waals surface area contributed by atoms with Gasteiger partial charge in [-0.25, -0.2) is 0 Å². The highest BCUT2D eigenvalue weighted by Crippen LogP contribution is 2.37. The largest absolute Gasteiger partial charge is 0.346 e. The first-order valence-corrected chi connectivity index (χ1v) is 6.56. The lowest BCUT2D eigenvalue weighted by Gasteiger charge is -2.13. The van der Waals surface area contributed by atoms with Gasteiger partial charge in [-0.15, -0.1) is 0 Å². The Morgan fingerprint density at radius 1 is 1.53 bits per heavy atom. The zero-order chi connectivity index (χ0) is 10.9. The quantitative estimate of drug-likeness (QED) is 0.863. The van der Waals surface area contributed by atoms with Gasteiger partial charge in [-0.1, -0.05) is 15.9 Å². The minimum absolute atomic E-state index is 0.0145. The molecule has 1 fully saturated rings. The van der Waals surface area contributed by atoms with Crippen LogP contribution < -0.4 is 5.32 Å². The summed E-state index contributed by atoms with van der Waals surface area (Å²) in [5.41, 5.74) is 0.580. The van der Waals surface area contributed by atoms with Crippen molar-refractivity contribution in [3.8, 4) is 0 Å². The molecule has 5 heteroatoms. The van der Waals surface area contributed by atoms with E-state index in [9.17, 15) is 4.79 Å². The summed E-state index contributed by atoms with van der Waals surface area (Å²) < 4.78 is 0.818. The van der Waals surface area contributed by atoms with E-state index in [1.165, 1.54) is 0 Å². The first-order chi connectivity index (χ1) is 7.15. The molecule has 3 nitrogen and oxygen atoms in total. The van der Waals surface area contributed by atoms with Crippen LogP contribution >= 0.6 is 31.9 Å². The topological polar surface area (TPSA) is 42.0 Å². The van der Waals surface area contributed by atoms with Gasteiger partial charge in [-0.3, -0.25) is 9.78 Å². The van der Waals surface area contributed by atoms with Crippen molar-refractivity contribution in [2.45, 2.75) is 18.4 Å². The number of amides is 1. The van der Waals surface area contributed by atoms with Gasteiger partial charge < -0.3 is 5.32 Å². The zero-order valence-electron chi connectivity index (χ0n) is 7.96. The van der Waals surface area contributed by atoms with Gasteiger partial charge in [0.25, 0.3) is 5.91 Å². The number of hydrogen-bond donors (Lipinski definition) is 1. The molecule has 1 saturated carbocycles. The minimum atomic E-state index is -0.0549. The van der Waals surface area contributed by atoms with Crippen molar-refractivity contribution in [2.24, 2.45) is 0 Å². The van der Waals surface area contributed by atoms with Gasteiger partial charge in [0.15, 0.2) is 0 Å². The van der Waals surface area contributed by atoms with Gasteiger partial charge in [0, 0.05) is 22.2 Å². The fraction of sp³-hybridized carbons (Fsp3) is 0.400. The lowest BCUT2D eigenvalue weighted by atomic mass is 10.2. The van der Waals surface area contributed by atoms with Gasteiger partial charge in [0.05, 0.1) is 11.1 Å². The van der Waals surface area contributed by atoms with E-state index in [0.29, 0.717) is 5.56 Å². The van der Waals surface area contributed by atoms with Gasteiger partial charge in [0.1, 0.15) is 0 Å². The number of nitrogens with one attached hydrogen (secondary N) is 1. The Bertz CT molecular complexity index is 391. The molecule has 80 valence electrons. The third kappa shape index (κ3) is 2.58. The van der Waals surface area contributed by atoms with Crippen LogP contribution in [0.15, 0.2) is 22.9 Å². The number of alkyl halides is 1. The Labute approximate surface area is 105 Å². The van der Waals surface area contributed by atoms with Crippen molar-refractivity contribution in [1.82, 2.24) is 10.3 Å². The van der Waals surface area contributed by atoms with Gasteiger partial charge in [0.2, 0.25) is 0 Å². The van der Waals surface area contributed by atoms with Crippen LogP contribution in [0.25, 0.3) is 0 Å². The normalized spacial score (nSPS) is 17.2. The van der Waals surface area contributed by atoms with E-state index in [1.807, 2.05) is 0 Å². The second-order valence-corrected chi connectivity index (χ2v) is 5.24. The van der Waals surface area contributed by atoms with Crippen LogP contribution in [0.4, 0.5) is 0 Å². The second kappa shape index (κ2) is 4.22. The molecule has 0 saturated heterocycles. The molecule has 0 aliphatic heterocycles. The molecule has 0 atom stereocenters. The molecule has 0 aromatic carbocycles. The predicted molar refractivity (Wildman–Crippen MR) is 65.2 cm³/mol. The molecular weight excluding hydrogens is 324 g/mol. The maximum Gasteiger partial charge on any atom is 0.253 e. The number of nitrogens with zero attached hydrogens (tertiary/aromatic N) is 1. The fourth-order valence-corrected chi connectivity index (χ4v) is 2.36. The molecule has 0 radical (unpaired) electrons. The summed E-state index contributed by atoms with van der Waals surface area (Å²) in [6.07, 6.45) is 5.33. The zero-order valence-corrected chi connectivity index (χ0v) is 11.1. The number of pyridine rings is 1. The highest BCUT2D eigenvalue weighted by atomic mass is 79.9. The molecule has 0 bridgehead atoms. The number of rotatable bonds is 3. The fourth-order valence-electron chi connectivity index (χ4n) is 1.29. The SMILES string of the molecule is O=C(NC1(CBr)CC1)c1cncc(Br)c1. The summed E-state index contributed by atoms with van der Waals surface area (Å²) in [5.74, 6) is -0.0549. The Morgan fingerprint density at radius 3 is 2.80 bits per heavy atom. The van der Waals surface area contributed by atoms with E-state index >= 15 is 0 Å². The molecule has 1 aromatic heterocycles. The Kier molecular flexibility index (Phi) is 3.11. The summed E-state index contributed by atoms with van der Waals surface area (Å²) in [6, 6.07) is 1.77. The molecule has 0 unspecified atom stereocenters. The Balaban J connectivity index is 2.08. The molecule has 1 aromatic rings. The van der Waals surface area contributed by atoms with E-state index in [2.05, 4.69) is 42.2 Å². The van der Waals surface area contributed by atoms with E-state index in [1.54, 1.807) is 18.5 Å². The van der Waals surface area contributed by atoms with Crippen LogP contribution in [0.2, 0.25) is 0 Å². The monoisotopic (exact) mass is 332 g/mol. The van der Waals surface area contributed by atoms with Crippen molar-refractivity contribution in [3.63, 3.8) is 0 Å². The van der Waals surface area contributed by atoms with E-state index in [0.717, 1.165) is 22.6 Å². The Morgan fingerprint density at radius 2 is 2.27 bits per heavy atom. The van der Waals surface area contributed by atoms with Crippen LogP contribution in [0, 0.1) is 0 Å². The number of hydrogen-bond acceptors (Lipinski definition) is 2. The molecular formula is C10H10Br2N2O. The summed E-state index contributed by atoms with van der Waals surface area (Å²) in [4.78, 5) is 15.8. The molecule has 1 aliphatic carbocycles. The third-order valence-electron chi connectivity index (χ3n) is 2.46. The average Bonchev–Trinajstić information content (AvgIpc) is 2.98. The first kappa shape index (κ1) is 11.1. The highest BCUT2D eigenvalue weighted by Gasteiger charge is 2.42. The summed E-state index contributed by atoms with van der Waals surface area (Å²) in [5, 5.41) is 3.83. The molecule has 1 aliphatic rings. The number of aromatic nitrogens is 1. The van der Waals surface area contributed by atoms with Crippen LogP contribution in [0.5, 0.6) is 0 Å². The van der Waals surface area contributed by atoms with Crippen molar-refractivity contribution in [3.05, 3.63) is 28.5 Å². The molecule has 0 spiro atoms. The van der Waals surface area contributed by atoms with Gasteiger partial charge >= 0.3 is 0 Å². The predicted octanol–water partition coefficient (Wildman–Crippen LogP) is 2.50. The van der Waals surface area contributed by atoms with E-state index in [-0.39, 0.29) is 11.4 Å². The maximum atomic E-state index is 11.8. The van der Waals surface area contributed by atoms with Crippen molar-refractivity contribution < 1.29 is 4.79 Å². The lowest BCUT2D eigenvalue weighted by molar-refractivity contribution is 0.0936. The minimum Gasteiger partial charge on any atom is -0.346 e. The summed E-state index contributed by atoms with van der Waals surface area (Å²) in [6.45, 7) is 0. The molecule has 15 heavy (non-hydrogen) atoms. The van der Waals surface area contributed by atoms with Gasteiger partial charge in [-0.2, -0.15) is 0 Å². The first-order valence-electron chi connectivity index (χ1n) is 4.64. The van der Waals surface area contributed by atoms with Crippen molar-refractivity contribution in [1.29, 1.82) is 0 Å². The number of carbonyl (C=O) groups excluding carboxylic acids is 1. The summed E-state index contributed by atoms with van der Waals surface area (Å²) in [7, 11) is 0. The van der Waals surface area contributed by atoms with Crippen LogP contribution in [-0.4, -0.2) is 21.8 Å². The number of carbonyl (C=O) groups is 1. The third-order valence-corrected chi connectivity index (χ3v) is 3.96. The molecule has 1 amide bonds. The van der Waals surface area contributed by atoms with Crippen LogP contribution in [-0.2, 0) is 0 Å². The molecule has 1 heterocycles. The Hall–Kier alpha value is -0.420. The van der Waals surface area contributed by atoms with E-state index < -0.39 is 0 Å². The van der Waals surface area contributed by atoms with Gasteiger partial charge in [-0.05, 0) is 34.8 Å². The maximum absolute atomic E-state index is 11.8.